The van der Waals surface area contributed by atoms with Crippen molar-refractivity contribution in [1.82, 2.24) is 5.32 Å². The number of hydrogen-bond donors (Lipinski definition) is 1. The van der Waals surface area contributed by atoms with E-state index in [9.17, 15) is 17.7 Å². The van der Waals surface area contributed by atoms with Crippen LogP contribution in [-0.4, -0.2) is 18.7 Å². The average molecular weight is 300 g/mol. The molecule has 0 bridgehead atoms. The highest BCUT2D eigenvalue weighted by molar-refractivity contribution is 6.73. The molecule has 1 aliphatic rings. The van der Waals surface area contributed by atoms with Crippen LogP contribution in [0.2, 0.25) is 0 Å². The van der Waals surface area contributed by atoms with Crippen LogP contribution in [-0.2, 0) is 10.3 Å². The van der Waals surface area contributed by atoms with E-state index < -0.39 is 29.7 Å². The Hall–Kier alpha value is -1.66. The molecule has 1 aromatic rings. The standard InChI is InChI=1S/C14H18BF3NO2/c1-13(2,3)21-12(20)19-14(7-8-14)10-5-4-6-11(9-10)15(16,17)18/h4-6,9H,7-8H2,1-3H3,(H,19,20)/q-1. The molecule has 1 aliphatic carbocycles. The Morgan fingerprint density at radius 2 is 1.90 bits per heavy atom. The fourth-order valence-corrected chi connectivity index (χ4v) is 2.15. The molecule has 1 aromatic carbocycles. The van der Waals surface area contributed by atoms with E-state index in [1.807, 2.05) is 0 Å². The monoisotopic (exact) mass is 300 g/mol. The van der Waals surface area contributed by atoms with Gasteiger partial charge in [-0.1, -0.05) is 24.3 Å². The van der Waals surface area contributed by atoms with Crippen molar-refractivity contribution >= 4 is 18.5 Å². The maximum atomic E-state index is 12.8. The molecule has 0 aromatic heterocycles. The second-order valence-corrected chi connectivity index (χ2v) is 6.41. The van der Waals surface area contributed by atoms with Gasteiger partial charge in [-0.25, -0.2) is 4.79 Å². The van der Waals surface area contributed by atoms with Gasteiger partial charge in [-0.3, -0.25) is 0 Å². The third-order valence-corrected chi connectivity index (χ3v) is 3.31. The highest BCUT2D eigenvalue weighted by atomic mass is 19.4. The second-order valence-electron chi connectivity index (χ2n) is 6.41. The van der Waals surface area contributed by atoms with Crippen molar-refractivity contribution in [2.75, 3.05) is 0 Å². The molecule has 7 heteroatoms. The molecule has 2 rings (SSSR count). The molecule has 0 radical (unpaired) electrons. The summed E-state index contributed by atoms with van der Waals surface area (Å²) in [5, 5.41) is 2.70. The molecule has 1 N–H and O–H groups in total. The van der Waals surface area contributed by atoms with Gasteiger partial charge in [-0.2, -0.15) is 0 Å². The first kappa shape index (κ1) is 15.7. The average Bonchev–Trinajstić information content (AvgIpc) is 3.06. The zero-order valence-corrected chi connectivity index (χ0v) is 12.3. The molecule has 1 fully saturated rings. The molecular formula is C14H18BF3NO2-. The smallest absolute Gasteiger partial charge is 0.445 e. The highest BCUT2D eigenvalue weighted by Crippen LogP contribution is 2.45. The van der Waals surface area contributed by atoms with Gasteiger partial charge in [0.2, 0.25) is 0 Å². The lowest BCUT2D eigenvalue weighted by Gasteiger charge is -2.25. The molecular weight excluding hydrogens is 282 g/mol. The Morgan fingerprint density at radius 1 is 1.29 bits per heavy atom. The van der Waals surface area contributed by atoms with Gasteiger partial charge in [0.25, 0.3) is 0 Å². The summed E-state index contributed by atoms with van der Waals surface area (Å²) >= 11 is 0. The molecule has 3 nitrogen and oxygen atoms in total. The summed E-state index contributed by atoms with van der Waals surface area (Å²) < 4.78 is 43.6. The Labute approximate surface area is 121 Å². The van der Waals surface area contributed by atoms with Crippen LogP contribution in [0.5, 0.6) is 0 Å². The quantitative estimate of drug-likeness (QED) is 0.870. The van der Waals surface area contributed by atoms with E-state index in [-0.39, 0.29) is 0 Å². The van der Waals surface area contributed by atoms with E-state index in [0.717, 1.165) is 12.1 Å². The van der Waals surface area contributed by atoms with Crippen molar-refractivity contribution < 1.29 is 22.5 Å². The van der Waals surface area contributed by atoms with Gasteiger partial charge in [0.15, 0.2) is 0 Å². The Morgan fingerprint density at radius 3 is 2.38 bits per heavy atom. The van der Waals surface area contributed by atoms with Crippen molar-refractivity contribution in [2.24, 2.45) is 0 Å². The molecule has 0 unspecified atom stereocenters. The Bertz CT molecular complexity index is 548. The van der Waals surface area contributed by atoms with Gasteiger partial charge in [0.1, 0.15) is 5.60 Å². The maximum Gasteiger partial charge on any atom is 0.509 e. The first-order valence-electron chi connectivity index (χ1n) is 6.83. The lowest BCUT2D eigenvalue weighted by Crippen LogP contribution is -2.40. The SMILES string of the molecule is CC(C)(C)OC(=O)NC1(c2cccc([B-](F)(F)F)c2)CC1. The molecule has 0 saturated heterocycles. The largest absolute Gasteiger partial charge is 0.509 e. The summed E-state index contributed by atoms with van der Waals surface area (Å²) in [5.41, 5.74) is -1.54. The normalized spacial score (nSPS) is 17.2. The van der Waals surface area contributed by atoms with Crippen LogP contribution in [0, 0.1) is 0 Å². The molecule has 0 spiro atoms. The van der Waals surface area contributed by atoms with E-state index in [1.54, 1.807) is 26.8 Å². The third kappa shape index (κ3) is 3.92. The van der Waals surface area contributed by atoms with Crippen LogP contribution in [0.3, 0.4) is 0 Å². The molecule has 1 saturated carbocycles. The topological polar surface area (TPSA) is 38.3 Å². The van der Waals surface area contributed by atoms with Crippen molar-refractivity contribution in [3.63, 3.8) is 0 Å². The van der Waals surface area contributed by atoms with Crippen molar-refractivity contribution in [1.29, 1.82) is 0 Å². The molecule has 1 amide bonds. The maximum absolute atomic E-state index is 12.8. The van der Waals surface area contributed by atoms with Crippen LogP contribution in [0.4, 0.5) is 17.7 Å². The van der Waals surface area contributed by atoms with Crippen molar-refractivity contribution in [3.05, 3.63) is 29.8 Å². The molecule has 21 heavy (non-hydrogen) atoms. The predicted octanol–water partition coefficient (Wildman–Crippen LogP) is 3.25. The zero-order valence-electron chi connectivity index (χ0n) is 12.3. The van der Waals surface area contributed by atoms with Crippen LogP contribution in [0.25, 0.3) is 0 Å². The van der Waals surface area contributed by atoms with E-state index in [1.165, 1.54) is 6.07 Å². The summed E-state index contributed by atoms with van der Waals surface area (Å²) in [6, 6.07) is 5.14. The number of ether oxygens (including phenoxy) is 1. The number of benzene rings is 1. The van der Waals surface area contributed by atoms with Crippen molar-refractivity contribution in [3.8, 4) is 0 Å². The Balaban J connectivity index is 2.16. The minimum absolute atomic E-state index is 0.477. The van der Waals surface area contributed by atoms with Crippen molar-refractivity contribution in [2.45, 2.75) is 44.8 Å². The van der Waals surface area contributed by atoms with E-state index in [0.29, 0.717) is 18.4 Å². The third-order valence-electron chi connectivity index (χ3n) is 3.31. The number of alkyl carbamates (subject to hydrolysis) is 1. The lowest BCUT2D eigenvalue weighted by atomic mass is 9.78. The van der Waals surface area contributed by atoms with Crippen LogP contribution < -0.4 is 10.8 Å². The van der Waals surface area contributed by atoms with Crippen LogP contribution >= 0.6 is 0 Å². The fraction of sp³-hybridized carbons (Fsp3) is 0.500. The summed E-state index contributed by atoms with van der Waals surface area (Å²) in [4.78, 5) is 11.8. The summed E-state index contributed by atoms with van der Waals surface area (Å²) in [6.07, 6.45) is 0.615. The van der Waals surface area contributed by atoms with Crippen LogP contribution in [0.1, 0.15) is 39.2 Å². The van der Waals surface area contributed by atoms with Gasteiger partial charge in [-0.05, 0) is 39.2 Å². The number of halogens is 3. The van der Waals surface area contributed by atoms with E-state index in [2.05, 4.69) is 5.32 Å². The molecule has 0 heterocycles. The number of carbonyl (C=O) groups is 1. The highest BCUT2D eigenvalue weighted by Gasteiger charge is 2.47. The number of rotatable bonds is 3. The minimum Gasteiger partial charge on any atom is -0.445 e. The zero-order chi connectivity index (χ0) is 15.9. The second kappa shape index (κ2) is 4.96. The number of carbonyl (C=O) groups excluding carboxylic acids is 1. The van der Waals surface area contributed by atoms with E-state index >= 15 is 0 Å². The number of amides is 1. The number of hydrogen-bond acceptors (Lipinski definition) is 2. The fourth-order valence-electron chi connectivity index (χ4n) is 2.15. The summed E-state index contributed by atoms with van der Waals surface area (Å²) in [7, 11) is 0. The first-order valence-corrected chi connectivity index (χ1v) is 6.83. The van der Waals surface area contributed by atoms with Gasteiger partial charge in [0.05, 0.1) is 5.54 Å². The molecule has 0 atom stereocenters. The number of nitrogens with one attached hydrogen (secondary N) is 1. The van der Waals surface area contributed by atoms with Gasteiger partial charge >= 0.3 is 13.1 Å². The molecule has 0 aliphatic heterocycles. The summed E-state index contributed by atoms with van der Waals surface area (Å²) in [6.45, 7) is 0.163. The minimum atomic E-state index is -5.04. The van der Waals surface area contributed by atoms with E-state index in [4.69, 9.17) is 4.74 Å². The Kier molecular flexibility index (Phi) is 3.72. The van der Waals surface area contributed by atoms with Gasteiger partial charge < -0.3 is 23.0 Å². The molecule has 116 valence electrons. The van der Waals surface area contributed by atoms with Gasteiger partial charge in [-0.15, -0.1) is 5.46 Å². The van der Waals surface area contributed by atoms with Crippen LogP contribution in [0.15, 0.2) is 24.3 Å². The lowest BCUT2D eigenvalue weighted by molar-refractivity contribution is 0.0495. The first-order chi connectivity index (χ1) is 9.52. The summed E-state index contributed by atoms with van der Waals surface area (Å²) in [5.74, 6) is 0. The van der Waals surface area contributed by atoms with Gasteiger partial charge in [0, 0.05) is 0 Å². The predicted molar refractivity (Wildman–Crippen MR) is 75.4 cm³/mol.